The third kappa shape index (κ3) is 13.3. The highest BCUT2D eigenvalue weighted by molar-refractivity contribution is 8.28. The van der Waals surface area contributed by atoms with Gasteiger partial charge in [0.15, 0.2) is 5.12 Å². The van der Waals surface area contributed by atoms with E-state index in [2.05, 4.69) is 37.3 Å². The van der Waals surface area contributed by atoms with E-state index in [4.69, 9.17) is 4.74 Å². The minimum Gasteiger partial charge on any atom is -0.381 e. The second-order valence-corrected chi connectivity index (χ2v) is 11.4. The van der Waals surface area contributed by atoms with Crippen molar-refractivity contribution in [1.29, 1.82) is 0 Å². The van der Waals surface area contributed by atoms with E-state index in [-0.39, 0.29) is 0 Å². The summed E-state index contributed by atoms with van der Waals surface area (Å²) in [7, 11) is -0.399. The lowest BCUT2D eigenvalue weighted by Crippen LogP contribution is -2.06. The summed E-state index contributed by atoms with van der Waals surface area (Å²) in [6.07, 6.45) is 17.0. The minimum atomic E-state index is -0.399. The molecule has 0 amide bonds. The van der Waals surface area contributed by atoms with Crippen LogP contribution in [0.25, 0.3) is 0 Å². The fourth-order valence-electron chi connectivity index (χ4n) is 2.88. The predicted molar refractivity (Wildman–Crippen MR) is 121 cm³/mol. The summed E-state index contributed by atoms with van der Waals surface area (Å²) >= 11 is 0. The van der Waals surface area contributed by atoms with Gasteiger partial charge in [0.05, 0.1) is 5.69 Å². The first-order valence-electron chi connectivity index (χ1n) is 10.9. The number of unbranched alkanes of at least 4 members (excludes halogenated alkanes) is 5. The molecule has 0 radical (unpaired) electrons. The molecule has 1 rings (SSSR count). The summed E-state index contributed by atoms with van der Waals surface area (Å²) in [6, 6.07) is 0. The van der Waals surface area contributed by atoms with Gasteiger partial charge in [0.2, 0.25) is 0 Å². The molecule has 0 fully saturated rings. The van der Waals surface area contributed by atoms with E-state index in [1.165, 1.54) is 12.8 Å². The Bertz CT molecular complexity index is 538. The topological polar surface area (TPSA) is 57.0 Å². The van der Waals surface area contributed by atoms with Crippen LogP contribution in [0.15, 0.2) is 6.20 Å². The molecule has 0 N–H and O–H groups in total. The van der Waals surface area contributed by atoms with Crippen molar-refractivity contribution in [1.82, 2.24) is 15.0 Å². The quantitative estimate of drug-likeness (QED) is 0.318. The van der Waals surface area contributed by atoms with Crippen molar-refractivity contribution in [2.75, 3.05) is 25.7 Å². The molecule has 1 aromatic heterocycles. The lowest BCUT2D eigenvalue weighted by Gasteiger charge is -2.16. The van der Waals surface area contributed by atoms with E-state index in [9.17, 15) is 4.79 Å². The van der Waals surface area contributed by atoms with Crippen LogP contribution in [0.4, 0.5) is 0 Å². The summed E-state index contributed by atoms with van der Waals surface area (Å²) in [5.74, 6) is 0. The molecule has 164 valence electrons. The second-order valence-electron chi connectivity index (χ2n) is 9.16. The maximum Gasteiger partial charge on any atom is 0.168 e. The van der Waals surface area contributed by atoms with Crippen LogP contribution in [0.5, 0.6) is 0 Å². The van der Waals surface area contributed by atoms with Crippen molar-refractivity contribution < 1.29 is 9.53 Å². The first kappa shape index (κ1) is 25.2. The normalized spacial score (nSPS) is 12.4. The van der Waals surface area contributed by atoms with Crippen molar-refractivity contribution in [3.05, 3.63) is 11.9 Å². The lowest BCUT2D eigenvalue weighted by atomic mass is 9.90. The van der Waals surface area contributed by atoms with Gasteiger partial charge in [-0.2, -0.15) is 0 Å². The summed E-state index contributed by atoms with van der Waals surface area (Å²) in [5, 5.41) is 8.97. The van der Waals surface area contributed by atoms with Crippen molar-refractivity contribution in [2.45, 2.75) is 91.5 Å². The Balaban J connectivity index is 1.90. The molecule has 0 bridgehead atoms. The molecule has 0 saturated heterocycles. The van der Waals surface area contributed by atoms with E-state index >= 15 is 0 Å². The highest BCUT2D eigenvalue weighted by Crippen LogP contribution is 2.20. The molecule has 0 atom stereocenters. The van der Waals surface area contributed by atoms with Crippen LogP contribution in [0, 0.1) is 5.41 Å². The SMILES string of the molecule is C[SH](C)C(=O)CCCCCOCCCCCCn1cc(CCC(C)(C)C)nn1. The number of aryl methyl sites for hydroxylation is 2. The number of thiol groups is 1. The minimum absolute atomic E-state index is 0.347. The molecule has 0 aliphatic carbocycles. The fraction of sp³-hybridized carbons (Fsp3) is 0.864. The molecule has 0 spiro atoms. The van der Waals surface area contributed by atoms with Gasteiger partial charge in [0, 0.05) is 32.4 Å². The Hall–Kier alpha value is -0.880. The third-order valence-corrected chi connectivity index (χ3v) is 6.04. The highest BCUT2D eigenvalue weighted by atomic mass is 32.2. The Labute approximate surface area is 175 Å². The summed E-state index contributed by atoms with van der Waals surface area (Å²) in [6.45, 7) is 9.43. The van der Waals surface area contributed by atoms with Crippen molar-refractivity contribution in [3.8, 4) is 0 Å². The molecular weight excluding hydrogens is 370 g/mol. The number of rotatable bonds is 15. The van der Waals surface area contributed by atoms with Crippen LogP contribution in [0.3, 0.4) is 0 Å². The number of carbonyl (C=O) groups is 1. The van der Waals surface area contributed by atoms with Gasteiger partial charge >= 0.3 is 0 Å². The van der Waals surface area contributed by atoms with Gasteiger partial charge in [-0.3, -0.25) is 9.48 Å². The maximum absolute atomic E-state index is 11.5. The molecule has 0 unspecified atom stereocenters. The number of hydrogen-bond donors (Lipinski definition) is 1. The van der Waals surface area contributed by atoms with Crippen LogP contribution in [0.2, 0.25) is 0 Å². The lowest BCUT2D eigenvalue weighted by molar-refractivity contribution is -0.111. The molecule has 0 aromatic carbocycles. The van der Waals surface area contributed by atoms with E-state index < -0.39 is 10.9 Å². The number of carbonyl (C=O) groups excluding carboxylic acids is 1. The second kappa shape index (κ2) is 14.2. The van der Waals surface area contributed by atoms with Gasteiger partial charge in [-0.05, 0) is 56.5 Å². The van der Waals surface area contributed by atoms with Gasteiger partial charge in [0.25, 0.3) is 0 Å². The van der Waals surface area contributed by atoms with Gasteiger partial charge in [-0.1, -0.05) is 45.2 Å². The Morgan fingerprint density at radius 2 is 1.68 bits per heavy atom. The monoisotopic (exact) mass is 413 g/mol. The summed E-state index contributed by atoms with van der Waals surface area (Å²) in [4.78, 5) is 11.5. The van der Waals surface area contributed by atoms with Crippen LogP contribution in [0.1, 0.15) is 84.3 Å². The number of ether oxygens (including phenoxy) is 1. The van der Waals surface area contributed by atoms with Gasteiger partial charge in [0.1, 0.15) is 0 Å². The first-order valence-corrected chi connectivity index (χ1v) is 13.2. The molecule has 1 aromatic rings. The largest absolute Gasteiger partial charge is 0.381 e. The molecule has 1 heterocycles. The van der Waals surface area contributed by atoms with Crippen molar-refractivity contribution in [3.63, 3.8) is 0 Å². The molecular formula is C22H43N3O2S. The zero-order valence-electron chi connectivity index (χ0n) is 18.9. The Morgan fingerprint density at radius 1 is 1.04 bits per heavy atom. The first-order chi connectivity index (χ1) is 13.3. The van der Waals surface area contributed by atoms with Crippen molar-refractivity contribution in [2.24, 2.45) is 5.41 Å². The average molecular weight is 414 g/mol. The highest BCUT2D eigenvalue weighted by Gasteiger charge is 2.11. The predicted octanol–water partition coefficient (Wildman–Crippen LogP) is 5.18. The maximum atomic E-state index is 11.5. The number of aromatic nitrogens is 3. The van der Waals surface area contributed by atoms with Crippen LogP contribution in [-0.4, -0.2) is 45.8 Å². The van der Waals surface area contributed by atoms with E-state index in [0.29, 0.717) is 10.5 Å². The average Bonchev–Trinajstić information content (AvgIpc) is 3.08. The third-order valence-electron chi connectivity index (χ3n) is 4.82. The molecule has 6 heteroatoms. The zero-order valence-corrected chi connectivity index (χ0v) is 19.8. The van der Waals surface area contributed by atoms with E-state index in [1.54, 1.807) is 0 Å². The molecule has 0 aliphatic heterocycles. The molecule has 28 heavy (non-hydrogen) atoms. The van der Waals surface area contributed by atoms with Gasteiger partial charge < -0.3 is 4.74 Å². The van der Waals surface area contributed by atoms with Gasteiger partial charge in [-0.15, -0.1) is 5.10 Å². The smallest absolute Gasteiger partial charge is 0.168 e. The van der Waals surface area contributed by atoms with Crippen LogP contribution >= 0.6 is 10.9 Å². The molecule has 5 nitrogen and oxygen atoms in total. The van der Waals surface area contributed by atoms with E-state index in [1.807, 2.05) is 17.2 Å². The number of nitrogens with zero attached hydrogens (tertiary/aromatic N) is 3. The zero-order chi connectivity index (χ0) is 20.8. The van der Waals surface area contributed by atoms with E-state index in [0.717, 1.165) is 76.8 Å². The number of hydrogen-bond acceptors (Lipinski definition) is 4. The molecule has 0 saturated carbocycles. The van der Waals surface area contributed by atoms with Crippen LogP contribution in [-0.2, 0) is 22.5 Å². The molecule has 0 aliphatic rings. The summed E-state index contributed by atoms with van der Waals surface area (Å²) in [5.41, 5.74) is 1.46. The Kier molecular flexibility index (Phi) is 12.7. The fourth-order valence-corrected chi connectivity index (χ4v) is 3.49. The van der Waals surface area contributed by atoms with Crippen molar-refractivity contribution >= 4 is 16.0 Å². The standard InChI is InChI=1S/C22H43N3O2S/c1-22(2,3)15-14-20-19-25(24-23-20)16-10-6-7-11-17-27-18-12-8-9-13-21(26)28(4)5/h19,28H,6-18H2,1-5H3. The van der Waals surface area contributed by atoms with Crippen LogP contribution < -0.4 is 0 Å². The Morgan fingerprint density at radius 3 is 2.32 bits per heavy atom. The summed E-state index contributed by atoms with van der Waals surface area (Å²) < 4.78 is 7.69. The van der Waals surface area contributed by atoms with Gasteiger partial charge in [-0.25, -0.2) is 10.9 Å².